The van der Waals surface area contributed by atoms with E-state index in [2.05, 4.69) is 4.90 Å². The first kappa shape index (κ1) is 19.4. The van der Waals surface area contributed by atoms with Crippen molar-refractivity contribution in [1.29, 1.82) is 0 Å². The minimum atomic E-state index is -0.469. The van der Waals surface area contributed by atoms with Crippen LogP contribution in [0, 0.1) is 11.7 Å². The second-order valence-corrected chi connectivity index (χ2v) is 8.33. The molecule has 2 saturated heterocycles. The van der Waals surface area contributed by atoms with Crippen LogP contribution < -0.4 is 0 Å². The Kier molecular flexibility index (Phi) is 5.95. The molecule has 2 amide bonds. The van der Waals surface area contributed by atoms with E-state index in [-0.39, 0.29) is 17.5 Å². The first-order chi connectivity index (χ1) is 13.6. The van der Waals surface area contributed by atoms with E-state index in [0.717, 1.165) is 38.8 Å². The summed E-state index contributed by atoms with van der Waals surface area (Å²) in [6.07, 6.45) is 6.87. The van der Waals surface area contributed by atoms with Gasteiger partial charge in [-0.15, -0.1) is 0 Å². The summed E-state index contributed by atoms with van der Waals surface area (Å²) in [7, 11) is 0. The number of nitrogens with zero attached hydrogens (tertiary/aromatic N) is 3. The lowest BCUT2D eigenvalue weighted by Crippen LogP contribution is -2.58. The van der Waals surface area contributed by atoms with Crippen LogP contribution in [0.25, 0.3) is 0 Å². The third kappa shape index (κ3) is 3.93. The molecule has 1 atom stereocenters. The highest BCUT2D eigenvalue weighted by Gasteiger charge is 2.39. The van der Waals surface area contributed by atoms with Gasteiger partial charge < -0.3 is 9.80 Å². The monoisotopic (exact) mass is 387 g/mol. The number of piperazine rings is 1. The van der Waals surface area contributed by atoms with Crippen LogP contribution in [0.1, 0.15) is 48.9 Å². The highest BCUT2D eigenvalue weighted by molar-refractivity contribution is 5.94. The van der Waals surface area contributed by atoms with Gasteiger partial charge in [0.15, 0.2) is 0 Å². The smallest absolute Gasteiger partial charge is 0.256 e. The van der Waals surface area contributed by atoms with E-state index in [4.69, 9.17) is 0 Å². The van der Waals surface area contributed by atoms with Crippen LogP contribution in [0.4, 0.5) is 4.39 Å². The van der Waals surface area contributed by atoms with Crippen molar-refractivity contribution >= 4 is 11.8 Å². The zero-order valence-electron chi connectivity index (χ0n) is 16.5. The second kappa shape index (κ2) is 8.60. The third-order valence-electron chi connectivity index (χ3n) is 6.62. The highest BCUT2D eigenvalue weighted by atomic mass is 19.1. The highest BCUT2D eigenvalue weighted by Crippen LogP contribution is 2.32. The number of hydrogen-bond acceptors (Lipinski definition) is 3. The van der Waals surface area contributed by atoms with Crippen LogP contribution in [0.5, 0.6) is 0 Å². The average Bonchev–Trinajstić information content (AvgIpc) is 3.43. The summed E-state index contributed by atoms with van der Waals surface area (Å²) in [6, 6.07) is 6.11. The lowest BCUT2D eigenvalue weighted by Gasteiger charge is -2.42. The molecule has 0 aromatic heterocycles. The third-order valence-corrected chi connectivity index (χ3v) is 6.62. The van der Waals surface area contributed by atoms with E-state index in [9.17, 15) is 14.0 Å². The molecule has 0 radical (unpaired) electrons. The zero-order chi connectivity index (χ0) is 19.5. The number of likely N-dealkylation sites (tertiary alicyclic amines) is 1. The largest absolute Gasteiger partial charge is 0.341 e. The molecule has 1 saturated carbocycles. The first-order valence-electron chi connectivity index (χ1n) is 10.7. The summed E-state index contributed by atoms with van der Waals surface area (Å²) in [5.74, 6) is 0.00390. The normalized spacial score (nSPS) is 22.6. The molecule has 0 bridgehead atoms. The Morgan fingerprint density at radius 3 is 2.14 bits per heavy atom. The van der Waals surface area contributed by atoms with Crippen LogP contribution in [0.2, 0.25) is 0 Å². The van der Waals surface area contributed by atoms with Crippen molar-refractivity contribution in [3.05, 3.63) is 35.6 Å². The Hall–Kier alpha value is -1.95. The summed E-state index contributed by atoms with van der Waals surface area (Å²) in [6.45, 7) is 4.22. The molecular formula is C22H30FN3O2. The van der Waals surface area contributed by atoms with Crippen molar-refractivity contribution in [3.8, 4) is 0 Å². The molecule has 3 aliphatic rings. The molecule has 2 aliphatic heterocycles. The van der Waals surface area contributed by atoms with Crippen molar-refractivity contribution in [3.63, 3.8) is 0 Å². The molecule has 4 rings (SSSR count). The molecule has 6 heteroatoms. The predicted molar refractivity (Wildman–Crippen MR) is 105 cm³/mol. The maximum Gasteiger partial charge on any atom is 0.256 e. The van der Waals surface area contributed by atoms with Crippen LogP contribution in [0.3, 0.4) is 0 Å². The molecular weight excluding hydrogens is 357 g/mol. The van der Waals surface area contributed by atoms with Crippen molar-refractivity contribution in [2.24, 2.45) is 5.92 Å². The minimum absolute atomic E-state index is 0.0497. The number of halogens is 1. The lowest BCUT2D eigenvalue weighted by molar-refractivity contribution is -0.138. The Morgan fingerprint density at radius 1 is 0.857 bits per heavy atom. The molecule has 3 fully saturated rings. The fraction of sp³-hybridized carbons (Fsp3) is 0.636. The molecule has 5 nitrogen and oxygen atoms in total. The SMILES string of the molecule is O=C(c1ccccc1F)N1CCN([C@@H](C(=O)N2CCCC2)C2CCCC2)CC1. The Balaban J connectivity index is 1.43. The molecule has 0 N–H and O–H groups in total. The number of rotatable bonds is 4. The number of amides is 2. The molecule has 0 spiro atoms. The van der Waals surface area contributed by atoms with Gasteiger partial charge in [0.25, 0.3) is 5.91 Å². The Bertz CT molecular complexity index is 705. The van der Waals surface area contributed by atoms with Gasteiger partial charge in [-0.3, -0.25) is 14.5 Å². The van der Waals surface area contributed by atoms with Crippen LogP contribution in [0.15, 0.2) is 24.3 Å². The molecule has 1 aromatic rings. The van der Waals surface area contributed by atoms with E-state index in [1.165, 1.54) is 18.9 Å². The lowest BCUT2D eigenvalue weighted by atomic mass is 9.94. The molecule has 1 aromatic carbocycles. The zero-order valence-corrected chi connectivity index (χ0v) is 16.5. The van der Waals surface area contributed by atoms with Gasteiger partial charge in [0, 0.05) is 39.3 Å². The van der Waals surface area contributed by atoms with Crippen LogP contribution >= 0.6 is 0 Å². The number of hydrogen-bond donors (Lipinski definition) is 0. The predicted octanol–water partition coefficient (Wildman–Crippen LogP) is 2.76. The second-order valence-electron chi connectivity index (χ2n) is 8.33. The van der Waals surface area contributed by atoms with Crippen LogP contribution in [-0.2, 0) is 4.79 Å². The summed E-state index contributed by atoms with van der Waals surface area (Å²) < 4.78 is 14.0. The van der Waals surface area contributed by atoms with Crippen molar-refractivity contribution in [2.75, 3.05) is 39.3 Å². The molecule has 2 heterocycles. The summed E-state index contributed by atoms with van der Waals surface area (Å²) in [4.78, 5) is 32.0. The van der Waals surface area contributed by atoms with E-state index in [0.29, 0.717) is 38.0 Å². The minimum Gasteiger partial charge on any atom is -0.341 e. The van der Waals surface area contributed by atoms with Gasteiger partial charge in [-0.2, -0.15) is 0 Å². The van der Waals surface area contributed by atoms with E-state index < -0.39 is 5.82 Å². The van der Waals surface area contributed by atoms with E-state index in [1.54, 1.807) is 23.1 Å². The molecule has 152 valence electrons. The van der Waals surface area contributed by atoms with Gasteiger partial charge in [-0.05, 0) is 43.7 Å². The standard InChI is InChI=1S/C22H30FN3O2/c23-19-10-4-3-9-18(19)21(27)26-15-13-24(14-16-26)20(17-7-1-2-8-17)22(28)25-11-5-6-12-25/h3-4,9-10,17,20H,1-2,5-8,11-16H2/t20-/m1/s1. The summed E-state index contributed by atoms with van der Waals surface area (Å²) in [5.41, 5.74) is 0.136. The van der Waals surface area contributed by atoms with E-state index >= 15 is 0 Å². The quantitative estimate of drug-likeness (QED) is 0.798. The number of benzene rings is 1. The maximum absolute atomic E-state index is 14.0. The molecule has 0 unspecified atom stereocenters. The van der Waals surface area contributed by atoms with Gasteiger partial charge in [0.2, 0.25) is 5.91 Å². The summed E-state index contributed by atoms with van der Waals surface area (Å²) >= 11 is 0. The summed E-state index contributed by atoms with van der Waals surface area (Å²) in [5, 5.41) is 0. The number of carbonyl (C=O) groups is 2. The maximum atomic E-state index is 14.0. The number of carbonyl (C=O) groups excluding carboxylic acids is 2. The van der Waals surface area contributed by atoms with Gasteiger partial charge in [0.1, 0.15) is 5.82 Å². The Morgan fingerprint density at radius 2 is 1.50 bits per heavy atom. The topological polar surface area (TPSA) is 43.9 Å². The Labute approximate surface area is 166 Å². The van der Waals surface area contributed by atoms with Gasteiger partial charge in [0.05, 0.1) is 11.6 Å². The van der Waals surface area contributed by atoms with Crippen molar-refractivity contribution < 1.29 is 14.0 Å². The molecule has 28 heavy (non-hydrogen) atoms. The average molecular weight is 387 g/mol. The molecule has 1 aliphatic carbocycles. The van der Waals surface area contributed by atoms with Gasteiger partial charge in [-0.1, -0.05) is 25.0 Å². The van der Waals surface area contributed by atoms with E-state index in [1.807, 2.05) is 4.90 Å². The van der Waals surface area contributed by atoms with Crippen molar-refractivity contribution in [2.45, 2.75) is 44.6 Å². The van der Waals surface area contributed by atoms with Gasteiger partial charge in [-0.25, -0.2) is 4.39 Å². The van der Waals surface area contributed by atoms with Crippen molar-refractivity contribution in [1.82, 2.24) is 14.7 Å². The fourth-order valence-corrected chi connectivity index (χ4v) is 5.06. The fourth-order valence-electron chi connectivity index (χ4n) is 5.06. The first-order valence-corrected chi connectivity index (χ1v) is 10.7. The van der Waals surface area contributed by atoms with Gasteiger partial charge >= 0.3 is 0 Å². The van der Waals surface area contributed by atoms with Crippen LogP contribution in [-0.4, -0.2) is 71.8 Å².